The second-order valence-electron chi connectivity index (χ2n) is 7.80. The van der Waals surface area contributed by atoms with Crippen molar-refractivity contribution in [1.29, 1.82) is 0 Å². The van der Waals surface area contributed by atoms with Gasteiger partial charge in [-0.3, -0.25) is 9.59 Å². The maximum atomic E-state index is 12.6. The molecule has 134 valence electrons. The molecule has 0 saturated carbocycles. The summed E-state index contributed by atoms with van der Waals surface area (Å²) < 4.78 is 1.80. The van der Waals surface area contributed by atoms with Gasteiger partial charge in [0.05, 0.1) is 33.7 Å². The highest BCUT2D eigenvalue weighted by atomic mass is 16.1. The molecule has 0 unspecified atom stereocenters. The van der Waals surface area contributed by atoms with Gasteiger partial charge >= 0.3 is 0 Å². The Morgan fingerprint density at radius 1 is 1.27 bits per heavy atom. The molecule has 0 spiro atoms. The van der Waals surface area contributed by atoms with Crippen LogP contribution in [0, 0.1) is 19.3 Å². The first-order chi connectivity index (χ1) is 12.2. The van der Waals surface area contributed by atoms with Gasteiger partial charge < -0.3 is 10.7 Å². The fourth-order valence-corrected chi connectivity index (χ4v) is 3.91. The Balaban J connectivity index is 2.01. The van der Waals surface area contributed by atoms with Crippen molar-refractivity contribution in [2.24, 2.45) is 11.1 Å². The van der Waals surface area contributed by atoms with E-state index in [1.807, 2.05) is 13.8 Å². The first-order valence-electron chi connectivity index (χ1n) is 8.59. The summed E-state index contributed by atoms with van der Waals surface area (Å²) in [6.07, 6.45) is 1.27. The minimum absolute atomic E-state index is 0.123. The molecule has 1 aromatic carbocycles. The number of rotatable bonds is 2. The largest absolute Gasteiger partial charge is 0.366 e. The summed E-state index contributed by atoms with van der Waals surface area (Å²) in [4.78, 5) is 32.0. The van der Waals surface area contributed by atoms with Crippen LogP contribution >= 0.6 is 0 Å². The summed E-state index contributed by atoms with van der Waals surface area (Å²) in [7, 11) is 0. The van der Waals surface area contributed by atoms with Gasteiger partial charge in [0.1, 0.15) is 11.3 Å². The molecule has 1 amide bonds. The van der Waals surface area contributed by atoms with Crippen molar-refractivity contribution in [1.82, 2.24) is 19.7 Å². The first-order valence-corrected chi connectivity index (χ1v) is 8.59. The van der Waals surface area contributed by atoms with Gasteiger partial charge in [-0.15, -0.1) is 0 Å². The van der Waals surface area contributed by atoms with Gasteiger partial charge in [-0.2, -0.15) is 5.10 Å². The minimum Gasteiger partial charge on any atom is -0.366 e. The van der Waals surface area contributed by atoms with Gasteiger partial charge in [-0.25, -0.2) is 9.67 Å². The van der Waals surface area contributed by atoms with Crippen LogP contribution in [0.1, 0.15) is 58.2 Å². The van der Waals surface area contributed by atoms with Gasteiger partial charge in [0, 0.05) is 6.42 Å². The van der Waals surface area contributed by atoms with Crippen molar-refractivity contribution >= 4 is 22.7 Å². The molecule has 3 N–H and O–H groups in total. The Labute approximate surface area is 150 Å². The fourth-order valence-electron chi connectivity index (χ4n) is 3.91. The third kappa shape index (κ3) is 2.34. The van der Waals surface area contributed by atoms with Crippen LogP contribution in [0.2, 0.25) is 0 Å². The van der Waals surface area contributed by atoms with Crippen LogP contribution in [0.3, 0.4) is 0 Å². The highest BCUT2D eigenvalue weighted by Crippen LogP contribution is 2.37. The number of carbonyl (C=O) groups excluding carboxylic acids is 2. The Morgan fingerprint density at radius 3 is 2.69 bits per heavy atom. The highest BCUT2D eigenvalue weighted by molar-refractivity contribution is 6.06. The van der Waals surface area contributed by atoms with Crippen LogP contribution in [-0.4, -0.2) is 31.4 Å². The number of nitrogens with zero attached hydrogens (tertiary/aromatic N) is 3. The quantitative estimate of drug-likeness (QED) is 0.740. The predicted octanol–water partition coefficient (Wildman–Crippen LogP) is 2.62. The number of aromatic amines is 1. The second kappa shape index (κ2) is 5.27. The van der Waals surface area contributed by atoms with Gasteiger partial charge in [0.15, 0.2) is 5.78 Å². The number of hydrogen-bond acceptors (Lipinski definition) is 4. The number of carbonyl (C=O) groups is 2. The Morgan fingerprint density at radius 2 is 2.00 bits per heavy atom. The van der Waals surface area contributed by atoms with Crippen LogP contribution < -0.4 is 5.73 Å². The number of nitrogens with one attached hydrogen (secondary N) is 1. The number of benzene rings is 1. The standard InChI is InChI=1S/C19H21N5O2/c1-9-15-13(7-19(3,4)8-14(15)25)24(23-9)12-6-5-11(18(20)26)16-17(12)22-10(2)21-16/h5-6H,7-8H2,1-4H3,(H2,20,26)(H,21,22). The van der Waals surface area contributed by atoms with E-state index in [0.717, 1.165) is 23.5 Å². The van der Waals surface area contributed by atoms with Crippen molar-refractivity contribution in [2.45, 2.75) is 40.5 Å². The van der Waals surface area contributed by atoms with Gasteiger partial charge in [0.25, 0.3) is 5.91 Å². The number of primary amides is 1. The molecule has 26 heavy (non-hydrogen) atoms. The highest BCUT2D eigenvalue weighted by Gasteiger charge is 2.36. The Bertz CT molecular complexity index is 1090. The molecule has 0 saturated heterocycles. The lowest BCUT2D eigenvalue weighted by atomic mass is 9.75. The molecular formula is C19H21N5O2. The van der Waals surface area contributed by atoms with Crippen molar-refractivity contribution in [3.05, 3.63) is 40.5 Å². The number of hydrogen-bond donors (Lipinski definition) is 2. The zero-order valence-electron chi connectivity index (χ0n) is 15.3. The average molecular weight is 351 g/mol. The lowest BCUT2D eigenvalue weighted by Crippen LogP contribution is -2.28. The summed E-state index contributed by atoms with van der Waals surface area (Å²) in [5.41, 5.74) is 10.0. The molecule has 1 aliphatic rings. The number of ketones is 1. The molecule has 4 rings (SSSR count). The molecule has 2 heterocycles. The molecule has 0 fully saturated rings. The van der Waals surface area contributed by atoms with Crippen molar-refractivity contribution in [2.75, 3.05) is 0 Å². The lowest BCUT2D eigenvalue weighted by molar-refractivity contribution is 0.0909. The van der Waals surface area contributed by atoms with Gasteiger partial charge in [-0.1, -0.05) is 13.8 Å². The third-order valence-electron chi connectivity index (χ3n) is 4.96. The summed E-state index contributed by atoms with van der Waals surface area (Å²) in [5.74, 6) is 0.299. The topological polar surface area (TPSA) is 107 Å². The zero-order valence-corrected chi connectivity index (χ0v) is 15.3. The lowest BCUT2D eigenvalue weighted by Gasteiger charge is -2.29. The number of fused-ring (bicyclic) bond motifs is 2. The number of imidazole rings is 1. The van der Waals surface area contributed by atoms with Crippen molar-refractivity contribution in [3.8, 4) is 5.69 Å². The number of Topliss-reactive ketones (excluding diaryl/α,β-unsaturated/α-hetero) is 1. The van der Waals surface area contributed by atoms with Crippen LogP contribution in [0.4, 0.5) is 0 Å². The van der Waals surface area contributed by atoms with Gasteiger partial charge in [-0.05, 0) is 37.8 Å². The van der Waals surface area contributed by atoms with Crippen LogP contribution in [0.15, 0.2) is 12.1 Å². The van der Waals surface area contributed by atoms with Gasteiger partial charge in [0.2, 0.25) is 0 Å². The molecule has 7 heteroatoms. The molecule has 0 radical (unpaired) electrons. The summed E-state index contributed by atoms with van der Waals surface area (Å²) in [6.45, 7) is 7.86. The Kier molecular flexibility index (Phi) is 3.34. The van der Waals surface area contributed by atoms with E-state index in [4.69, 9.17) is 5.73 Å². The normalized spacial score (nSPS) is 16.1. The van der Waals surface area contributed by atoms with Crippen molar-refractivity contribution in [3.63, 3.8) is 0 Å². The number of amides is 1. The molecule has 0 atom stereocenters. The summed E-state index contributed by atoms with van der Waals surface area (Å²) in [6, 6.07) is 3.47. The van der Waals surface area contributed by atoms with E-state index in [1.165, 1.54) is 0 Å². The molecule has 7 nitrogen and oxygen atoms in total. The van der Waals surface area contributed by atoms with E-state index >= 15 is 0 Å². The molecule has 0 aliphatic heterocycles. The molecular weight excluding hydrogens is 330 g/mol. The summed E-state index contributed by atoms with van der Waals surface area (Å²) in [5, 5.41) is 4.64. The number of aromatic nitrogens is 4. The predicted molar refractivity (Wildman–Crippen MR) is 97.6 cm³/mol. The monoisotopic (exact) mass is 351 g/mol. The van der Waals surface area contributed by atoms with E-state index < -0.39 is 5.91 Å². The number of nitrogens with two attached hydrogens (primary N) is 1. The Hall–Kier alpha value is -2.96. The molecule has 2 aromatic heterocycles. The molecule has 0 bridgehead atoms. The smallest absolute Gasteiger partial charge is 0.250 e. The fraction of sp³-hybridized carbons (Fsp3) is 0.368. The number of H-pyrrole nitrogens is 1. The van der Waals surface area contributed by atoms with E-state index in [0.29, 0.717) is 34.4 Å². The van der Waals surface area contributed by atoms with Crippen LogP contribution in [-0.2, 0) is 6.42 Å². The SMILES string of the molecule is Cc1nc2c(-n3nc(C)c4c3CC(C)(C)CC4=O)ccc(C(N)=O)c2[nH]1. The third-order valence-corrected chi connectivity index (χ3v) is 4.96. The van der Waals surface area contributed by atoms with Crippen molar-refractivity contribution < 1.29 is 9.59 Å². The maximum Gasteiger partial charge on any atom is 0.250 e. The average Bonchev–Trinajstić information content (AvgIpc) is 3.04. The summed E-state index contributed by atoms with van der Waals surface area (Å²) >= 11 is 0. The van der Waals surface area contributed by atoms with Crippen LogP contribution in [0.25, 0.3) is 16.7 Å². The molecule has 3 aromatic rings. The number of aryl methyl sites for hydroxylation is 2. The second-order valence-corrected chi connectivity index (χ2v) is 7.80. The first kappa shape index (κ1) is 16.5. The maximum absolute atomic E-state index is 12.6. The van der Waals surface area contributed by atoms with E-state index in [1.54, 1.807) is 16.8 Å². The van der Waals surface area contributed by atoms with E-state index in [2.05, 4.69) is 28.9 Å². The van der Waals surface area contributed by atoms with E-state index in [-0.39, 0.29) is 11.2 Å². The zero-order chi connectivity index (χ0) is 18.8. The van der Waals surface area contributed by atoms with E-state index in [9.17, 15) is 9.59 Å². The minimum atomic E-state index is -0.514. The molecule has 1 aliphatic carbocycles. The van der Waals surface area contributed by atoms with Crippen LogP contribution in [0.5, 0.6) is 0 Å².